The summed E-state index contributed by atoms with van der Waals surface area (Å²) in [6.45, 7) is 0.547. The minimum absolute atomic E-state index is 0.278. The van der Waals surface area contributed by atoms with Crippen molar-refractivity contribution in [1.82, 2.24) is 15.2 Å². The number of aromatic amines is 1. The van der Waals surface area contributed by atoms with Crippen molar-refractivity contribution in [2.45, 2.75) is 6.61 Å². The fourth-order valence-corrected chi connectivity index (χ4v) is 1.83. The molecule has 3 aromatic rings. The van der Waals surface area contributed by atoms with E-state index in [1.807, 2.05) is 54.6 Å². The van der Waals surface area contributed by atoms with Crippen molar-refractivity contribution in [3.05, 3.63) is 60.2 Å². The average Bonchev–Trinajstić information content (AvgIpc) is 2.93. The number of nitrogens with two attached hydrogens (primary N) is 1. The highest BCUT2D eigenvalue weighted by molar-refractivity contribution is 5.54. The zero-order valence-electron chi connectivity index (χ0n) is 11.3. The number of hydrogen-bond donors (Lipinski definition) is 3. The van der Waals surface area contributed by atoms with Crippen molar-refractivity contribution in [1.29, 1.82) is 0 Å². The fraction of sp³-hybridized carbons (Fsp3) is 0.0667. The van der Waals surface area contributed by atoms with E-state index in [1.54, 1.807) is 0 Å². The van der Waals surface area contributed by atoms with Crippen LogP contribution in [0.4, 0.5) is 17.6 Å². The van der Waals surface area contributed by atoms with Crippen molar-refractivity contribution in [3.8, 4) is 5.75 Å². The monoisotopic (exact) mass is 281 g/mol. The summed E-state index contributed by atoms with van der Waals surface area (Å²) in [5, 5.41) is 9.51. The van der Waals surface area contributed by atoms with Gasteiger partial charge >= 0.3 is 0 Å². The molecule has 4 N–H and O–H groups in total. The molecule has 2 aromatic carbocycles. The van der Waals surface area contributed by atoms with Gasteiger partial charge in [-0.3, -0.25) is 0 Å². The van der Waals surface area contributed by atoms with Crippen molar-refractivity contribution in [2.75, 3.05) is 11.1 Å². The number of benzene rings is 2. The first-order chi connectivity index (χ1) is 10.3. The average molecular weight is 281 g/mol. The second kappa shape index (κ2) is 5.96. The quantitative estimate of drug-likeness (QED) is 0.669. The van der Waals surface area contributed by atoms with E-state index in [9.17, 15) is 0 Å². The summed E-state index contributed by atoms with van der Waals surface area (Å²) in [5.74, 6) is 1.52. The molecule has 0 aliphatic carbocycles. The van der Waals surface area contributed by atoms with Crippen LogP contribution in [0.5, 0.6) is 5.75 Å². The highest BCUT2D eigenvalue weighted by Gasteiger charge is 2.01. The normalized spacial score (nSPS) is 10.3. The SMILES string of the molecule is Nc1nc(Nc2ccc(OCc3ccccc3)cc2)n[nH]1. The van der Waals surface area contributed by atoms with E-state index in [4.69, 9.17) is 10.5 Å². The Balaban J connectivity index is 1.59. The third-order valence-corrected chi connectivity index (χ3v) is 2.86. The number of nitrogens with one attached hydrogen (secondary N) is 2. The summed E-state index contributed by atoms with van der Waals surface area (Å²) in [6, 6.07) is 17.6. The van der Waals surface area contributed by atoms with Crippen LogP contribution >= 0.6 is 0 Å². The molecule has 0 aliphatic heterocycles. The second-order valence-corrected chi connectivity index (χ2v) is 4.47. The van der Waals surface area contributed by atoms with Gasteiger partial charge in [0, 0.05) is 5.69 Å². The summed E-state index contributed by atoms with van der Waals surface area (Å²) in [7, 11) is 0. The van der Waals surface area contributed by atoms with Gasteiger partial charge in [0.15, 0.2) is 0 Å². The molecule has 6 heteroatoms. The summed E-state index contributed by atoms with van der Waals surface area (Å²) < 4.78 is 5.72. The van der Waals surface area contributed by atoms with Crippen LogP contribution in [0.2, 0.25) is 0 Å². The Bertz CT molecular complexity index is 694. The molecule has 0 unspecified atom stereocenters. The molecule has 0 radical (unpaired) electrons. The maximum absolute atomic E-state index is 5.72. The molecule has 0 saturated carbocycles. The summed E-state index contributed by atoms with van der Waals surface area (Å²) in [5.41, 5.74) is 7.46. The van der Waals surface area contributed by atoms with Gasteiger partial charge in [-0.1, -0.05) is 30.3 Å². The van der Waals surface area contributed by atoms with E-state index in [0.717, 1.165) is 17.0 Å². The van der Waals surface area contributed by atoms with Gasteiger partial charge in [-0.05, 0) is 29.8 Å². The van der Waals surface area contributed by atoms with E-state index in [1.165, 1.54) is 0 Å². The van der Waals surface area contributed by atoms with E-state index < -0.39 is 0 Å². The lowest BCUT2D eigenvalue weighted by atomic mass is 10.2. The molecule has 0 bridgehead atoms. The number of nitrogens with zero attached hydrogens (tertiary/aromatic N) is 2. The lowest BCUT2D eigenvalue weighted by Crippen LogP contribution is -1.96. The van der Waals surface area contributed by atoms with E-state index in [0.29, 0.717) is 12.6 Å². The number of anilines is 3. The molecule has 1 heterocycles. The Morgan fingerprint density at radius 1 is 1.05 bits per heavy atom. The predicted molar refractivity (Wildman–Crippen MR) is 81.3 cm³/mol. The Labute approximate surface area is 122 Å². The molecule has 0 atom stereocenters. The summed E-state index contributed by atoms with van der Waals surface area (Å²) in [4.78, 5) is 3.97. The maximum Gasteiger partial charge on any atom is 0.248 e. The molecule has 0 aliphatic rings. The Kier molecular flexibility index (Phi) is 3.68. The van der Waals surface area contributed by atoms with Crippen LogP contribution in [-0.2, 0) is 6.61 Å². The third kappa shape index (κ3) is 3.50. The minimum Gasteiger partial charge on any atom is -0.489 e. The molecule has 1 aromatic heterocycles. The number of aromatic nitrogens is 3. The molecule has 106 valence electrons. The van der Waals surface area contributed by atoms with Gasteiger partial charge in [0.05, 0.1) is 0 Å². The molecule has 6 nitrogen and oxygen atoms in total. The van der Waals surface area contributed by atoms with Crippen LogP contribution in [0.15, 0.2) is 54.6 Å². The smallest absolute Gasteiger partial charge is 0.248 e. The fourth-order valence-electron chi connectivity index (χ4n) is 1.83. The van der Waals surface area contributed by atoms with Crippen LogP contribution in [0, 0.1) is 0 Å². The van der Waals surface area contributed by atoms with Gasteiger partial charge in [0.1, 0.15) is 12.4 Å². The van der Waals surface area contributed by atoms with Gasteiger partial charge in [0.2, 0.25) is 11.9 Å². The standard InChI is InChI=1S/C15H15N5O/c16-14-18-15(20-19-14)17-12-6-8-13(9-7-12)21-10-11-4-2-1-3-5-11/h1-9H,10H2,(H4,16,17,18,19,20). The van der Waals surface area contributed by atoms with Crippen LogP contribution in [0.3, 0.4) is 0 Å². The second-order valence-electron chi connectivity index (χ2n) is 4.47. The van der Waals surface area contributed by atoms with E-state index in [-0.39, 0.29) is 5.95 Å². The van der Waals surface area contributed by atoms with Crippen molar-refractivity contribution in [3.63, 3.8) is 0 Å². The number of H-pyrrole nitrogens is 1. The van der Waals surface area contributed by atoms with Crippen molar-refractivity contribution >= 4 is 17.6 Å². The first-order valence-electron chi connectivity index (χ1n) is 6.51. The number of ether oxygens (including phenoxy) is 1. The number of nitrogen functional groups attached to an aromatic ring is 1. The van der Waals surface area contributed by atoms with Crippen LogP contribution in [0.25, 0.3) is 0 Å². The largest absolute Gasteiger partial charge is 0.489 e. The highest BCUT2D eigenvalue weighted by Crippen LogP contribution is 2.19. The zero-order valence-corrected chi connectivity index (χ0v) is 11.3. The van der Waals surface area contributed by atoms with Gasteiger partial charge < -0.3 is 15.8 Å². The topological polar surface area (TPSA) is 88.8 Å². The van der Waals surface area contributed by atoms with Gasteiger partial charge in [-0.25, -0.2) is 5.10 Å². The first-order valence-corrected chi connectivity index (χ1v) is 6.51. The first kappa shape index (κ1) is 13.0. The Morgan fingerprint density at radius 2 is 1.81 bits per heavy atom. The number of hydrogen-bond acceptors (Lipinski definition) is 5. The molecule has 3 rings (SSSR count). The van der Waals surface area contributed by atoms with E-state index in [2.05, 4.69) is 20.5 Å². The number of rotatable bonds is 5. The Morgan fingerprint density at radius 3 is 2.48 bits per heavy atom. The van der Waals surface area contributed by atoms with Gasteiger partial charge in [-0.2, -0.15) is 4.98 Å². The Hall–Kier alpha value is -3.02. The van der Waals surface area contributed by atoms with Gasteiger partial charge in [-0.15, -0.1) is 5.10 Å². The predicted octanol–water partition coefficient (Wildman–Crippen LogP) is 2.71. The molecule has 0 amide bonds. The minimum atomic E-state index is 0.278. The van der Waals surface area contributed by atoms with Crippen molar-refractivity contribution in [2.24, 2.45) is 0 Å². The molecule has 21 heavy (non-hydrogen) atoms. The van der Waals surface area contributed by atoms with Gasteiger partial charge in [0.25, 0.3) is 0 Å². The zero-order chi connectivity index (χ0) is 14.5. The molecule has 0 saturated heterocycles. The lowest BCUT2D eigenvalue weighted by Gasteiger charge is -2.07. The molecule has 0 fully saturated rings. The lowest BCUT2D eigenvalue weighted by molar-refractivity contribution is 0.306. The van der Waals surface area contributed by atoms with E-state index >= 15 is 0 Å². The molecular formula is C15H15N5O. The van der Waals surface area contributed by atoms with Crippen molar-refractivity contribution < 1.29 is 4.74 Å². The highest BCUT2D eigenvalue weighted by atomic mass is 16.5. The van der Waals surface area contributed by atoms with Crippen LogP contribution in [-0.4, -0.2) is 15.2 Å². The van der Waals surface area contributed by atoms with Crippen LogP contribution < -0.4 is 15.8 Å². The maximum atomic E-state index is 5.72. The summed E-state index contributed by atoms with van der Waals surface area (Å²) in [6.07, 6.45) is 0. The molecule has 0 spiro atoms. The van der Waals surface area contributed by atoms with Crippen LogP contribution in [0.1, 0.15) is 5.56 Å². The third-order valence-electron chi connectivity index (χ3n) is 2.86. The molecular weight excluding hydrogens is 266 g/mol. The summed E-state index contributed by atoms with van der Waals surface area (Å²) >= 11 is 0.